The Morgan fingerprint density at radius 3 is 2.83 bits per heavy atom. The van der Waals surface area contributed by atoms with E-state index in [1.807, 2.05) is 0 Å². The molecule has 2 aliphatic heterocycles. The number of aromatic nitrogens is 1. The topological polar surface area (TPSA) is 43.4 Å². The Bertz CT molecular complexity index is 770. The number of aryl methyl sites for hydroxylation is 1. The van der Waals surface area contributed by atoms with Crippen molar-refractivity contribution in [3.63, 3.8) is 0 Å². The van der Waals surface area contributed by atoms with Crippen LogP contribution in [0.4, 0.5) is 4.39 Å². The molecule has 0 aromatic carbocycles. The molecule has 3 aliphatic rings. The van der Waals surface area contributed by atoms with Gasteiger partial charge in [-0.3, -0.25) is 0 Å². The summed E-state index contributed by atoms with van der Waals surface area (Å²) in [6.07, 6.45) is 19.7. The highest BCUT2D eigenvalue weighted by Gasteiger charge is 2.48. The number of hydrogen-bond donors (Lipinski definition) is 1. The third-order valence-electron chi connectivity index (χ3n) is 6.97. The Morgan fingerprint density at radius 2 is 2.10 bits per heavy atom. The molecule has 4 rings (SSSR count). The van der Waals surface area contributed by atoms with Crippen molar-refractivity contribution in [1.82, 2.24) is 10.3 Å². The lowest BCUT2D eigenvalue weighted by Gasteiger charge is -2.48. The van der Waals surface area contributed by atoms with Crippen molar-refractivity contribution in [2.24, 2.45) is 5.41 Å². The van der Waals surface area contributed by atoms with E-state index >= 15 is 0 Å². The molecule has 158 valence electrons. The lowest BCUT2D eigenvalue weighted by molar-refractivity contribution is -0.116. The number of hydrogen-bond acceptors (Lipinski definition) is 4. The highest BCUT2D eigenvalue weighted by Crippen LogP contribution is 2.52. The lowest BCUT2D eigenvalue weighted by Crippen LogP contribution is -2.47. The first-order chi connectivity index (χ1) is 14.1. The molecule has 1 aliphatic carbocycles. The fraction of sp³-hybridized carbons (Fsp3) is 0.625. The zero-order valence-electron chi connectivity index (χ0n) is 17.5. The van der Waals surface area contributed by atoms with Gasteiger partial charge >= 0.3 is 0 Å². The standard InChI is InChI=1S/C24H33FN2O2/c1-28-22-20(25)16-19(17-27-22)8-2-4-10-23(21-9-3-7-14-26-21)13-15-29-24(18-23)11-5-6-12-24/h3,7,9,16-17,26H,2,4-6,8,10-15,18H2,1H3/t23-/m1/s1. The summed E-state index contributed by atoms with van der Waals surface area (Å²) in [6.45, 7) is 1.77. The van der Waals surface area contributed by atoms with E-state index in [1.165, 1.54) is 38.5 Å². The number of ether oxygens (including phenoxy) is 2. The SMILES string of the molecule is COc1ncc(CCCC[C@@]2(C3=CC=CCN3)CCOC3(CCCC3)C2)cc1F. The number of halogens is 1. The van der Waals surface area contributed by atoms with Gasteiger partial charge in [-0.05, 0) is 62.7 Å². The number of pyridine rings is 1. The highest BCUT2D eigenvalue weighted by atomic mass is 19.1. The van der Waals surface area contributed by atoms with Crippen molar-refractivity contribution in [2.75, 3.05) is 20.3 Å². The molecular weight excluding hydrogens is 367 g/mol. The van der Waals surface area contributed by atoms with Crippen LogP contribution < -0.4 is 10.1 Å². The summed E-state index contributed by atoms with van der Waals surface area (Å²) in [7, 11) is 1.44. The third kappa shape index (κ3) is 4.50. The van der Waals surface area contributed by atoms with Crippen molar-refractivity contribution in [2.45, 2.75) is 69.8 Å². The van der Waals surface area contributed by atoms with Gasteiger partial charge in [0.05, 0.1) is 12.7 Å². The summed E-state index contributed by atoms with van der Waals surface area (Å²) >= 11 is 0. The number of methoxy groups -OCH3 is 1. The van der Waals surface area contributed by atoms with Crippen LogP contribution in [0.15, 0.2) is 36.2 Å². The molecule has 1 aromatic heterocycles. The first-order valence-electron chi connectivity index (χ1n) is 11.1. The maximum atomic E-state index is 13.9. The van der Waals surface area contributed by atoms with E-state index < -0.39 is 0 Å². The molecule has 1 aromatic rings. The average molecular weight is 401 g/mol. The van der Waals surface area contributed by atoms with Crippen molar-refractivity contribution in [1.29, 1.82) is 0 Å². The van der Waals surface area contributed by atoms with E-state index in [9.17, 15) is 4.39 Å². The minimum atomic E-state index is -0.377. The van der Waals surface area contributed by atoms with Crippen molar-refractivity contribution < 1.29 is 13.9 Å². The maximum Gasteiger partial charge on any atom is 0.250 e. The number of allylic oxidation sites excluding steroid dienone is 3. The van der Waals surface area contributed by atoms with Crippen molar-refractivity contribution in [3.8, 4) is 5.88 Å². The van der Waals surface area contributed by atoms with E-state index in [-0.39, 0.29) is 22.7 Å². The smallest absolute Gasteiger partial charge is 0.250 e. The predicted molar refractivity (Wildman–Crippen MR) is 112 cm³/mol. The second-order valence-corrected chi connectivity index (χ2v) is 8.88. The quantitative estimate of drug-likeness (QED) is 0.647. The van der Waals surface area contributed by atoms with Crippen LogP contribution in [0.1, 0.15) is 63.4 Å². The molecule has 29 heavy (non-hydrogen) atoms. The Balaban J connectivity index is 1.41. The van der Waals surface area contributed by atoms with E-state index in [0.717, 1.165) is 57.2 Å². The van der Waals surface area contributed by atoms with Crippen molar-refractivity contribution >= 4 is 0 Å². The second kappa shape index (κ2) is 8.86. The van der Waals surface area contributed by atoms with Gasteiger partial charge in [-0.25, -0.2) is 9.37 Å². The molecule has 1 atom stereocenters. The Labute approximate surface area is 173 Å². The highest BCUT2D eigenvalue weighted by molar-refractivity contribution is 5.25. The van der Waals surface area contributed by atoms with Gasteiger partial charge in [0.15, 0.2) is 5.82 Å². The number of dihydropyridines is 1. The number of nitrogens with one attached hydrogen (secondary N) is 1. The maximum absolute atomic E-state index is 13.9. The molecule has 1 saturated heterocycles. The van der Waals surface area contributed by atoms with Crippen LogP contribution in [0.3, 0.4) is 0 Å². The van der Waals surface area contributed by atoms with Crippen LogP contribution in [0.5, 0.6) is 5.88 Å². The molecule has 1 spiro atoms. The summed E-state index contributed by atoms with van der Waals surface area (Å²) in [5.41, 5.74) is 2.60. The molecule has 0 radical (unpaired) electrons. The first-order valence-corrected chi connectivity index (χ1v) is 11.1. The summed E-state index contributed by atoms with van der Waals surface area (Å²) in [4.78, 5) is 4.06. The van der Waals surface area contributed by atoms with Gasteiger partial charge < -0.3 is 14.8 Å². The zero-order valence-corrected chi connectivity index (χ0v) is 17.5. The van der Waals surface area contributed by atoms with Gasteiger partial charge in [-0.1, -0.05) is 31.4 Å². The molecule has 1 saturated carbocycles. The monoisotopic (exact) mass is 400 g/mol. The Hall–Kier alpha value is -1.88. The molecule has 0 bridgehead atoms. The molecule has 0 unspecified atom stereocenters. The molecule has 5 heteroatoms. The van der Waals surface area contributed by atoms with Crippen LogP contribution in [0.25, 0.3) is 0 Å². The lowest BCUT2D eigenvalue weighted by atomic mass is 9.66. The second-order valence-electron chi connectivity index (χ2n) is 8.88. The molecule has 4 nitrogen and oxygen atoms in total. The van der Waals surface area contributed by atoms with Gasteiger partial charge in [0.1, 0.15) is 0 Å². The fourth-order valence-corrected chi connectivity index (χ4v) is 5.51. The molecule has 0 amide bonds. The minimum Gasteiger partial charge on any atom is -0.479 e. The Kier molecular flexibility index (Phi) is 6.23. The summed E-state index contributed by atoms with van der Waals surface area (Å²) in [6, 6.07) is 1.56. The minimum absolute atomic E-state index is 0.0696. The van der Waals surface area contributed by atoms with Gasteiger partial charge in [0.2, 0.25) is 5.88 Å². The summed E-state index contributed by atoms with van der Waals surface area (Å²) < 4.78 is 25.2. The van der Waals surface area contributed by atoms with Gasteiger partial charge in [-0.15, -0.1) is 0 Å². The van der Waals surface area contributed by atoms with Gasteiger partial charge in [0.25, 0.3) is 0 Å². The molecule has 3 heterocycles. The number of unbranched alkanes of at least 4 members (excludes halogenated alkanes) is 1. The van der Waals surface area contributed by atoms with Gasteiger partial charge in [-0.2, -0.15) is 0 Å². The van der Waals surface area contributed by atoms with E-state index in [2.05, 4.69) is 28.5 Å². The normalized spacial score (nSPS) is 25.7. The van der Waals surface area contributed by atoms with Crippen molar-refractivity contribution in [3.05, 3.63) is 47.6 Å². The first kappa shape index (κ1) is 20.4. The van der Waals surface area contributed by atoms with Crippen LogP contribution in [0.2, 0.25) is 0 Å². The van der Waals surface area contributed by atoms with Gasteiger partial charge in [0, 0.05) is 30.5 Å². The number of nitrogens with zero attached hydrogens (tertiary/aromatic N) is 1. The zero-order chi connectivity index (χ0) is 20.2. The van der Waals surface area contributed by atoms with Crippen LogP contribution in [-0.4, -0.2) is 30.8 Å². The molecular formula is C24H33FN2O2. The number of rotatable bonds is 7. The average Bonchev–Trinajstić information content (AvgIpc) is 3.19. The summed E-state index contributed by atoms with van der Waals surface area (Å²) in [5.74, 6) is -0.308. The van der Waals surface area contributed by atoms with Crippen LogP contribution >= 0.6 is 0 Å². The Morgan fingerprint density at radius 1 is 1.24 bits per heavy atom. The largest absolute Gasteiger partial charge is 0.479 e. The van der Waals surface area contributed by atoms with Crippen LogP contribution in [-0.2, 0) is 11.2 Å². The van der Waals surface area contributed by atoms with E-state index in [4.69, 9.17) is 9.47 Å². The van der Waals surface area contributed by atoms with E-state index in [1.54, 1.807) is 12.3 Å². The molecule has 1 N–H and O–H groups in total. The van der Waals surface area contributed by atoms with Crippen LogP contribution in [0, 0.1) is 11.2 Å². The third-order valence-corrected chi connectivity index (χ3v) is 6.97. The summed E-state index contributed by atoms with van der Waals surface area (Å²) in [5, 5.41) is 3.66. The predicted octanol–water partition coefficient (Wildman–Crippen LogP) is 5.10. The van der Waals surface area contributed by atoms with E-state index in [0.29, 0.717) is 0 Å². The molecule has 2 fully saturated rings. The fourth-order valence-electron chi connectivity index (χ4n) is 5.51.